The third-order valence-electron chi connectivity index (χ3n) is 3.10. The highest BCUT2D eigenvalue weighted by Crippen LogP contribution is 2.12. The molecule has 4 nitrogen and oxygen atoms in total. The van der Waals surface area contributed by atoms with Gasteiger partial charge in [-0.25, -0.2) is 9.18 Å². The summed E-state index contributed by atoms with van der Waals surface area (Å²) in [6.45, 7) is 2.30. The molecule has 0 spiro atoms. The maximum atomic E-state index is 13.1. The van der Waals surface area contributed by atoms with Gasteiger partial charge in [0, 0.05) is 5.69 Å². The first-order chi connectivity index (χ1) is 11.1. The van der Waals surface area contributed by atoms with Crippen molar-refractivity contribution in [2.75, 3.05) is 11.9 Å². The van der Waals surface area contributed by atoms with Gasteiger partial charge in [0.1, 0.15) is 5.82 Å². The average Bonchev–Trinajstić information content (AvgIpc) is 2.53. The Labute approximate surface area is 134 Å². The van der Waals surface area contributed by atoms with Crippen molar-refractivity contribution in [3.05, 3.63) is 65.5 Å². The average molecular weight is 315 g/mol. The molecule has 0 fully saturated rings. The maximum Gasteiger partial charge on any atom is 0.338 e. The van der Waals surface area contributed by atoms with E-state index in [-0.39, 0.29) is 24.1 Å². The van der Waals surface area contributed by atoms with Crippen LogP contribution in [0.15, 0.2) is 48.5 Å². The van der Waals surface area contributed by atoms with Crippen molar-refractivity contribution in [1.82, 2.24) is 0 Å². The lowest BCUT2D eigenvalue weighted by atomic mass is 10.1. The molecule has 0 radical (unpaired) electrons. The molecular weight excluding hydrogens is 297 g/mol. The summed E-state index contributed by atoms with van der Waals surface area (Å²) >= 11 is 0. The van der Waals surface area contributed by atoms with Crippen molar-refractivity contribution < 1.29 is 18.7 Å². The highest BCUT2D eigenvalue weighted by atomic mass is 19.1. The minimum atomic E-state index is -0.385. The van der Waals surface area contributed by atoms with Gasteiger partial charge >= 0.3 is 5.97 Å². The predicted molar refractivity (Wildman–Crippen MR) is 85.7 cm³/mol. The van der Waals surface area contributed by atoms with E-state index in [1.807, 2.05) is 6.92 Å². The SMILES string of the molecule is CCCOC(=O)c1ccc(NC(=O)Cc2cccc(F)c2)cc1. The van der Waals surface area contributed by atoms with Crippen molar-refractivity contribution in [2.45, 2.75) is 19.8 Å². The van der Waals surface area contributed by atoms with Crippen LogP contribution in [0, 0.1) is 5.82 Å². The summed E-state index contributed by atoms with van der Waals surface area (Å²) in [6, 6.07) is 12.4. The summed E-state index contributed by atoms with van der Waals surface area (Å²) in [7, 11) is 0. The van der Waals surface area contributed by atoms with Gasteiger partial charge < -0.3 is 10.1 Å². The second-order valence-electron chi connectivity index (χ2n) is 5.07. The molecule has 0 unspecified atom stereocenters. The zero-order valence-electron chi connectivity index (χ0n) is 12.8. The van der Waals surface area contributed by atoms with Crippen molar-refractivity contribution in [3.63, 3.8) is 0 Å². The predicted octanol–water partition coefficient (Wildman–Crippen LogP) is 3.57. The fraction of sp³-hybridized carbons (Fsp3) is 0.222. The Morgan fingerprint density at radius 3 is 2.52 bits per heavy atom. The first kappa shape index (κ1) is 16.7. The van der Waals surface area contributed by atoms with Gasteiger partial charge in [-0.3, -0.25) is 4.79 Å². The number of amides is 1. The summed E-state index contributed by atoms with van der Waals surface area (Å²) in [5, 5.41) is 2.71. The third kappa shape index (κ3) is 5.21. The van der Waals surface area contributed by atoms with Crippen molar-refractivity contribution in [3.8, 4) is 0 Å². The van der Waals surface area contributed by atoms with Gasteiger partial charge in [0.25, 0.3) is 0 Å². The molecule has 0 bridgehead atoms. The Bertz CT molecular complexity index is 683. The number of halogens is 1. The summed E-state index contributed by atoms with van der Waals surface area (Å²) < 4.78 is 18.1. The molecule has 1 N–H and O–H groups in total. The van der Waals surface area contributed by atoms with E-state index in [0.29, 0.717) is 23.4 Å². The fourth-order valence-corrected chi connectivity index (χ4v) is 2.01. The van der Waals surface area contributed by atoms with Gasteiger partial charge in [-0.05, 0) is 48.4 Å². The Morgan fingerprint density at radius 2 is 1.87 bits per heavy atom. The first-order valence-electron chi connectivity index (χ1n) is 7.40. The van der Waals surface area contributed by atoms with Gasteiger partial charge in [-0.1, -0.05) is 19.1 Å². The van der Waals surface area contributed by atoms with E-state index in [1.165, 1.54) is 12.1 Å². The van der Waals surface area contributed by atoms with Gasteiger partial charge in [0.05, 0.1) is 18.6 Å². The summed E-state index contributed by atoms with van der Waals surface area (Å²) in [6.07, 6.45) is 0.845. The van der Waals surface area contributed by atoms with E-state index in [1.54, 1.807) is 36.4 Å². The second kappa shape index (κ2) is 8.08. The van der Waals surface area contributed by atoms with Crippen LogP contribution in [-0.4, -0.2) is 18.5 Å². The van der Waals surface area contributed by atoms with Gasteiger partial charge in [0.15, 0.2) is 0 Å². The fourth-order valence-electron chi connectivity index (χ4n) is 2.01. The minimum Gasteiger partial charge on any atom is -0.462 e. The Morgan fingerprint density at radius 1 is 1.13 bits per heavy atom. The van der Waals surface area contributed by atoms with E-state index in [0.717, 1.165) is 6.42 Å². The number of esters is 1. The lowest BCUT2D eigenvalue weighted by molar-refractivity contribution is -0.115. The van der Waals surface area contributed by atoms with Crippen LogP contribution in [0.4, 0.5) is 10.1 Å². The molecule has 0 aromatic heterocycles. The number of hydrogen-bond donors (Lipinski definition) is 1. The molecule has 0 aliphatic heterocycles. The standard InChI is InChI=1S/C18H18FNO3/c1-2-10-23-18(22)14-6-8-16(9-7-14)20-17(21)12-13-4-3-5-15(19)11-13/h3-9,11H,2,10,12H2,1H3,(H,20,21). The first-order valence-corrected chi connectivity index (χ1v) is 7.40. The number of hydrogen-bond acceptors (Lipinski definition) is 3. The van der Waals surface area contributed by atoms with Gasteiger partial charge in [-0.2, -0.15) is 0 Å². The smallest absolute Gasteiger partial charge is 0.338 e. The van der Waals surface area contributed by atoms with E-state index in [4.69, 9.17) is 4.74 Å². The topological polar surface area (TPSA) is 55.4 Å². The number of ether oxygens (including phenoxy) is 1. The molecule has 2 aromatic carbocycles. The molecule has 120 valence electrons. The molecule has 0 atom stereocenters. The molecule has 0 saturated heterocycles. The molecule has 0 aliphatic carbocycles. The normalized spacial score (nSPS) is 10.2. The molecular formula is C18H18FNO3. The van der Waals surface area contributed by atoms with Crippen LogP contribution in [0.3, 0.4) is 0 Å². The summed E-state index contributed by atoms with van der Waals surface area (Å²) in [5.74, 6) is -1.01. The quantitative estimate of drug-likeness (QED) is 0.829. The molecule has 23 heavy (non-hydrogen) atoms. The van der Waals surface area contributed by atoms with Crippen LogP contribution in [-0.2, 0) is 16.0 Å². The van der Waals surface area contributed by atoms with E-state index in [9.17, 15) is 14.0 Å². The lowest BCUT2D eigenvalue weighted by Gasteiger charge is -2.07. The third-order valence-corrected chi connectivity index (χ3v) is 3.10. The van der Waals surface area contributed by atoms with E-state index >= 15 is 0 Å². The number of anilines is 1. The summed E-state index contributed by atoms with van der Waals surface area (Å²) in [4.78, 5) is 23.6. The Hall–Kier alpha value is -2.69. The molecule has 5 heteroatoms. The van der Waals surface area contributed by atoms with E-state index < -0.39 is 0 Å². The number of carbonyl (C=O) groups is 2. The zero-order valence-corrected chi connectivity index (χ0v) is 12.8. The van der Waals surface area contributed by atoms with Gasteiger partial charge in [0.2, 0.25) is 5.91 Å². The van der Waals surface area contributed by atoms with Crippen LogP contribution < -0.4 is 5.32 Å². The summed E-state index contributed by atoms with van der Waals surface area (Å²) in [5.41, 5.74) is 1.60. The lowest BCUT2D eigenvalue weighted by Crippen LogP contribution is -2.14. The molecule has 0 saturated carbocycles. The van der Waals surface area contributed by atoms with Crippen molar-refractivity contribution in [1.29, 1.82) is 0 Å². The van der Waals surface area contributed by atoms with Crippen LogP contribution in [0.25, 0.3) is 0 Å². The molecule has 0 aliphatic rings. The van der Waals surface area contributed by atoms with Crippen LogP contribution in [0.2, 0.25) is 0 Å². The zero-order chi connectivity index (χ0) is 16.7. The van der Waals surface area contributed by atoms with Gasteiger partial charge in [-0.15, -0.1) is 0 Å². The Kier molecular flexibility index (Phi) is 5.86. The van der Waals surface area contributed by atoms with E-state index in [2.05, 4.69) is 5.32 Å². The van der Waals surface area contributed by atoms with Crippen molar-refractivity contribution >= 4 is 17.6 Å². The molecule has 1 amide bonds. The number of rotatable bonds is 6. The number of carbonyl (C=O) groups excluding carboxylic acids is 2. The Balaban J connectivity index is 1.92. The molecule has 2 rings (SSSR count). The van der Waals surface area contributed by atoms with Crippen LogP contribution in [0.5, 0.6) is 0 Å². The minimum absolute atomic E-state index is 0.0814. The largest absolute Gasteiger partial charge is 0.462 e. The molecule has 2 aromatic rings. The van der Waals surface area contributed by atoms with Crippen molar-refractivity contribution in [2.24, 2.45) is 0 Å². The second-order valence-corrected chi connectivity index (χ2v) is 5.07. The van der Waals surface area contributed by atoms with Crippen LogP contribution >= 0.6 is 0 Å². The highest BCUT2D eigenvalue weighted by molar-refractivity contribution is 5.94. The maximum absolute atomic E-state index is 13.1. The number of benzene rings is 2. The van der Waals surface area contributed by atoms with Crippen LogP contribution in [0.1, 0.15) is 29.3 Å². The monoisotopic (exact) mass is 315 g/mol. The number of nitrogens with one attached hydrogen (secondary N) is 1. The molecule has 0 heterocycles. The highest BCUT2D eigenvalue weighted by Gasteiger charge is 2.08.